The lowest BCUT2D eigenvalue weighted by Gasteiger charge is -2.13. The van der Waals surface area contributed by atoms with Crippen LogP contribution in [0.3, 0.4) is 0 Å². The molecule has 0 radical (unpaired) electrons. The average Bonchev–Trinajstić information content (AvgIpc) is 3.14. The Balaban J connectivity index is 1.94. The first-order chi connectivity index (χ1) is 9.15. The molecule has 1 heterocycles. The van der Waals surface area contributed by atoms with Crippen molar-refractivity contribution in [3.63, 3.8) is 0 Å². The third-order valence-electron chi connectivity index (χ3n) is 3.20. The van der Waals surface area contributed by atoms with Crippen molar-refractivity contribution < 1.29 is 14.6 Å². The monoisotopic (exact) mass is 281 g/mol. The first kappa shape index (κ1) is 14.2. The van der Waals surface area contributed by atoms with Crippen LogP contribution in [0.15, 0.2) is 23.4 Å². The molecule has 1 aliphatic carbocycles. The number of aromatic nitrogens is 1. The largest absolute Gasteiger partial charge is 0.491 e. The van der Waals surface area contributed by atoms with Gasteiger partial charge in [-0.15, -0.1) is 11.8 Å². The van der Waals surface area contributed by atoms with Gasteiger partial charge < -0.3 is 9.84 Å². The fourth-order valence-electron chi connectivity index (χ4n) is 1.90. The van der Waals surface area contributed by atoms with E-state index in [1.54, 1.807) is 18.0 Å². The molecule has 19 heavy (non-hydrogen) atoms. The molecule has 0 spiro atoms. The normalized spacial score (nSPS) is 16.1. The summed E-state index contributed by atoms with van der Waals surface area (Å²) in [6.07, 6.45) is 4.98. The second-order valence-electron chi connectivity index (χ2n) is 5.01. The molecular weight excluding hydrogens is 262 g/mol. The summed E-state index contributed by atoms with van der Waals surface area (Å²) >= 11 is 1.61. The number of carbonyl (C=O) groups is 1. The highest BCUT2D eigenvalue weighted by molar-refractivity contribution is 7.99. The molecule has 1 N–H and O–H groups in total. The van der Waals surface area contributed by atoms with Crippen LogP contribution in [0.5, 0.6) is 5.75 Å². The highest BCUT2D eigenvalue weighted by Crippen LogP contribution is 2.52. The Labute approximate surface area is 117 Å². The number of aliphatic carboxylic acids is 1. The van der Waals surface area contributed by atoms with E-state index >= 15 is 0 Å². The number of thioether (sulfide) groups is 1. The molecule has 1 saturated carbocycles. The van der Waals surface area contributed by atoms with Crippen molar-refractivity contribution in [2.75, 3.05) is 12.4 Å². The van der Waals surface area contributed by atoms with E-state index in [1.165, 1.54) is 0 Å². The maximum Gasteiger partial charge on any atom is 0.303 e. The Hall–Kier alpha value is -1.23. The molecule has 0 aromatic carbocycles. The molecule has 0 bridgehead atoms. The fraction of sp³-hybridized carbons (Fsp3) is 0.571. The molecule has 0 amide bonds. The first-order valence-electron chi connectivity index (χ1n) is 6.58. The predicted octanol–water partition coefficient (Wildman–Crippen LogP) is 3.22. The lowest BCUT2D eigenvalue weighted by atomic mass is 10.1. The van der Waals surface area contributed by atoms with E-state index in [0.29, 0.717) is 6.61 Å². The van der Waals surface area contributed by atoms with Gasteiger partial charge in [-0.2, -0.15) is 0 Å². The van der Waals surface area contributed by atoms with Crippen LogP contribution in [0.4, 0.5) is 0 Å². The summed E-state index contributed by atoms with van der Waals surface area (Å²) in [7, 11) is 0. The van der Waals surface area contributed by atoms with Crippen LogP contribution in [0.25, 0.3) is 0 Å². The topological polar surface area (TPSA) is 59.4 Å². The number of carboxylic acids is 1. The molecule has 1 aromatic heterocycles. The zero-order chi connectivity index (χ0) is 13.7. The van der Waals surface area contributed by atoms with Gasteiger partial charge in [0.2, 0.25) is 0 Å². The molecule has 0 atom stereocenters. The smallest absolute Gasteiger partial charge is 0.303 e. The van der Waals surface area contributed by atoms with Crippen molar-refractivity contribution >= 4 is 17.7 Å². The highest BCUT2D eigenvalue weighted by Gasteiger charge is 2.44. The summed E-state index contributed by atoms with van der Waals surface area (Å²) in [5, 5.41) is 9.78. The van der Waals surface area contributed by atoms with Crippen LogP contribution in [0, 0.1) is 5.41 Å². The molecule has 2 rings (SSSR count). The van der Waals surface area contributed by atoms with Crippen LogP contribution in [0.1, 0.15) is 32.6 Å². The molecule has 0 saturated heterocycles. The number of carboxylic acid groups (broad SMARTS) is 1. The van der Waals surface area contributed by atoms with E-state index in [1.807, 2.05) is 12.1 Å². The van der Waals surface area contributed by atoms with Crippen LogP contribution in [-0.4, -0.2) is 28.4 Å². The van der Waals surface area contributed by atoms with Crippen LogP contribution in [-0.2, 0) is 4.79 Å². The van der Waals surface area contributed by atoms with E-state index in [-0.39, 0.29) is 11.8 Å². The number of hydrogen-bond acceptors (Lipinski definition) is 4. The minimum atomic E-state index is -0.707. The summed E-state index contributed by atoms with van der Waals surface area (Å²) < 4.78 is 5.65. The minimum absolute atomic E-state index is 0.0178. The maximum absolute atomic E-state index is 10.8. The summed E-state index contributed by atoms with van der Waals surface area (Å²) in [5.41, 5.74) is -0.0178. The van der Waals surface area contributed by atoms with Gasteiger partial charge in [-0.1, -0.05) is 6.92 Å². The fourth-order valence-corrected chi connectivity index (χ4v) is 3.14. The first-order valence-corrected chi connectivity index (χ1v) is 7.56. The Morgan fingerprint density at radius 2 is 2.37 bits per heavy atom. The van der Waals surface area contributed by atoms with Crippen molar-refractivity contribution in [3.05, 3.63) is 18.3 Å². The molecule has 0 unspecified atom stereocenters. The van der Waals surface area contributed by atoms with Gasteiger partial charge in [0.1, 0.15) is 5.03 Å². The van der Waals surface area contributed by atoms with Crippen LogP contribution in [0.2, 0.25) is 0 Å². The number of nitrogens with zero attached hydrogens (tertiary/aromatic N) is 1. The van der Waals surface area contributed by atoms with Gasteiger partial charge in [0.15, 0.2) is 5.75 Å². The molecular formula is C14H19NO3S. The van der Waals surface area contributed by atoms with Gasteiger partial charge in [0.25, 0.3) is 0 Å². The van der Waals surface area contributed by atoms with Gasteiger partial charge in [-0.3, -0.25) is 4.79 Å². The quantitative estimate of drug-likeness (QED) is 0.741. The van der Waals surface area contributed by atoms with Gasteiger partial charge in [0.05, 0.1) is 13.0 Å². The SMILES string of the molecule is CCCOc1cccnc1SCC1(CC(=O)O)CC1. The average molecular weight is 281 g/mol. The third kappa shape index (κ3) is 4.13. The van der Waals surface area contributed by atoms with Crippen molar-refractivity contribution in [1.29, 1.82) is 0 Å². The second kappa shape index (κ2) is 6.28. The van der Waals surface area contributed by atoms with E-state index in [9.17, 15) is 4.79 Å². The molecule has 0 aliphatic heterocycles. The Morgan fingerprint density at radius 3 is 3.00 bits per heavy atom. The third-order valence-corrected chi connectivity index (χ3v) is 4.53. The summed E-state index contributed by atoms with van der Waals surface area (Å²) in [4.78, 5) is 15.2. The van der Waals surface area contributed by atoms with E-state index in [0.717, 1.165) is 35.8 Å². The molecule has 5 heteroatoms. The second-order valence-corrected chi connectivity index (χ2v) is 5.98. The summed E-state index contributed by atoms with van der Waals surface area (Å²) in [5.74, 6) is 0.903. The zero-order valence-electron chi connectivity index (χ0n) is 11.1. The number of hydrogen-bond donors (Lipinski definition) is 1. The maximum atomic E-state index is 10.8. The predicted molar refractivity (Wildman–Crippen MR) is 74.7 cm³/mol. The van der Waals surface area contributed by atoms with E-state index in [4.69, 9.17) is 9.84 Å². The zero-order valence-corrected chi connectivity index (χ0v) is 11.9. The van der Waals surface area contributed by atoms with Gasteiger partial charge >= 0.3 is 5.97 Å². The summed E-state index contributed by atoms with van der Waals surface area (Å²) in [6.45, 7) is 2.74. The standard InChI is InChI=1S/C14H19NO3S/c1-2-8-18-11-4-3-7-15-13(11)19-10-14(5-6-14)9-12(16)17/h3-4,7H,2,5-6,8-10H2,1H3,(H,16,17). The summed E-state index contributed by atoms with van der Waals surface area (Å²) in [6, 6.07) is 3.78. The van der Waals surface area contributed by atoms with Crippen LogP contribution < -0.4 is 4.74 Å². The van der Waals surface area contributed by atoms with Crippen molar-refractivity contribution in [3.8, 4) is 5.75 Å². The van der Waals surface area contributed by atoms with Gasteiger partial charge in [-0.25, -0.2) is 4.98 Å². The van der Waals surface area contributed by atoms with Crippen molar-refractivity contribution in [1.82, 2.24) is 4.98 Å². The molecule has 4 nitrogen and oxygen atoms in total. The molecule has 1 aromatic rings. The van der Waals surface area contributed by atoms with E-state index in [2.05, 4.69) is 11.9 Å². The van der Waals surface area contributed by atoms with Gasteiger partial charge in [-0.05, 0) is 36.8 Å². The Bertz CT molecular complexity index is 446. The Morgan fingerprint density at radius 1 is 1.58 bits per heavy atom. The lowest BCUT2D eigenvalue weighted by molar-refractivity contribution is -0.138. The van der Waals surface area contributed by atoms with E-state index < -0.39 is 5.97 Å². The number of ether oxygens (including phenoxy) is 1. The highest BCUT2D eigenvalue weighted by atomic mass is 32.2. The Kier molecular flexibility index (Phi) is 4.69. The molecule has 1 aliphatic rings. The molecule has 1 fully saturated rings. The number of pyridine rings is 1. The molecule has 104 valence electrons. The minimum Gasteiger partial charge on any atom is -0.491 e. The lowest BCUT2D eigenvalue weighted by Crippen LogP contribution is -2.11. The van der Waals surface area contributed by atoms with Crippen molar-refractivity contribution in [2.24, 2.45) is 5.41 Å². The van der Waals surface area contributed by atoms with Crippen molar-refractivity contribution in [2.45, 2.75) is 37.6 Å². The number of rotatable bonds is 8. The van der Waals surface area contributed by atoms with Crippen LogP contribution >= 0.6 is 11.8 Å². The van der Waals surface area contributed by atoms with Gasteiger partial charge in [0, 0.05) is 11.9 Å².